The van der Waals surface area contributed by atoms with Crippen molar-refractivity contribution in [3.8, 4) is 0 Å². The van der Waals surface area contributed by atoms with Gasteiger partial charge in [0, 0.05) is 10.7 Å². The van der Waals surface area contributed by atoms with Crippen LogP contribution in [-0.4, -0.2) is 11.2 Å². The lowest BCUT2D eigenvalue weighted by Gasteiger charge is -2.26. The molecule has 0 atom stereocenters. The molecule has 144 valence electrons. The topological polar surface area (TPSA) is 37.6 Å². The maximum Gasteiger partial charge on any atom is 0.416 e. The first kappa shape index (κ1) is 18.8. The fourth-order valence-electron chi connectivity index (χ4n) is 2.86. The highest BCUT2D eigenvalue weighted by atomic mass is 35.5. The molecule has 0 amide bonds. The lowest BCUT2D eigenvalue weighted by Crippen LogP contribution is -2.42. The molecule has 0 spiro atoms. The number of alkyl halides is 3. The summed E-state index contributed by atoms with van der Waals surface area (Å²) in [5.74, 6) is 0. The molecule has 0 saturated carbocycles. The number of anilines is 1. The van der Waals surface area contributed by atoms with Crippen LogP contribution >= 0.6 is 22.9 Å². The van der Waals surface area contributed by atoms with Gasteiger partial charge < -0.3 is 4.90 Å². The van der Waals surface area contributed by atoms with Crippen molar-refractivity contribution in [1.29, 1.82) is 0 Å². The number of rotatable bonds is 2. The lowest BCUT2D eigenvalue weighted by atomic mass is 10.2. The Kier molecular flexibility index (Phi) is 4.76. The van der Waals surface area contributed by atoms with Gasteiger partial charge in [0.2, 0.25) is 0 Å². The molecule has 0 N–H and O–H groups in total. The third-order valence-electron chi connectivity index (χ3n) is 4.28. The fraction of sp³-hybridized carbons (Fsp3) is 0.158. The van der Waals surface area contributed by atoms with Crippen LogP contribution in [0.1, 0.15) is 11.1 Å². The normalized spacial score (nSPS) is 14.7. The second-order valence-electron chi connectivity index (χ2n) is 6.21. The smallest absolute Gasteiger partial charge is 0.334 e. The van der Waals surface area contributed by atoms with Gasteiger partial charge >= 0.3 is 6.18 Å². The second kappa shape index (κ2) is 7.10. The van der Waals surface area contributed by atoms with Crippen LogP contribution in [0.4, 0.5) is 18.9 Å². The quantitative estimate of drug-likeness (QED) is 0.633. The van der Waals surface area contributed by atoms with Gasteiger partial charge in [0.25, 0.3) is 5.56 Å². The van der Waals surface area contributed by atoms with Crippen LogP contribution in [0.25, 0.3) is 6.08 Å². The maximum atomic E-state index is 13.0. The van der Waals surface area contributed by atoms with Crippen LogP contribution in [-0.2, 0) is 12.8 Å². The lowest BCUT2D eigenvalue weighted by molar-refractivity contribution is -0.137. The predicted molar refractivity (Wildman–Crippen MR) is 103 cm³/mol. The summed E-state index contributed by atoms with van der Waals surface area (Å²) in [4.78, 5) is 19.3. The van der Waals surface area contributed by atoms with E-state index in [0.29, 0.717) is 20.0 Å². The van der Waals surface area contributed by atoms with E-state index in [1.54, 1.807) is 41.3 Å². The standard InChI is InChI=1S/C19H13ClF3N3OS/c20-14-6-4-12(5-7-14)8-16-17(27)26-11-25(10-24-18(26)28-16)15-3-1-2-13(9-15)19(21,22)23/h1-9H,10-11H2/b16-8-. The highest BCUT2D eigenvalue weighted by Crippen LogP contribution is 2.31. The molecule has 4 nitrogen and oxygen atoms in total. The first-order chi connectivity index (χ1) is 13.3. The van der Waals surface area contributed by atoms with Gasteiger partial charge in [-0.3, -0.25) is 9.36 Å². The average molecular weight is 424 g/mol. The van der Waals surface area contributed by atoms with Crippen LogP contribution in [0.2, 0.25) is 5.02 Å². The minimum Gasteiger partial charge on any atom is -0.334 e. The molecule has 2 heterocycles. The molecular weight excluding hydrogens is 411 g/mol. The van der Waals surface area contributed by atoms with E-state index >= 15 is 0 Å². The number of benzene rings is 2. The number of thiazole rings is 1. The van der Waals surface area contributed by atoms with Gasteiger partial charge in [0.1, 0.15) is 13.3 Å². The van der Waals surface area contributed by atoms with Crippen LogP contribution in [0.5, 0.6) is 0 Å². The summed E-state index contributed by atoms with van der Waals surface area (Å²) in [6.45, 7) is 0.325. The molecule has 2 aromatic carbocycles. The molecule has 0 radical (unpaired) electrons. The number of nitrogens with zero attached hydrogens (tertiary/aromatic N) is 3. The summed E-state index contributed by atoms with van der Waals surface area (Å²) in [5.41, 5.74) is 0.238. The third kappa shape index (κ3) is 3.70. The zero-order chi connectivity index (χ0) is 19.9. The van der Waals surface area contributed by atoms with E-state index in [-0.39, 0.29) is 18.9 Å². The summed E-state index contributed by atoms with van der Waals surface area (Å²) in [5, 5.41) is 0.603. The van der Waals surface area contributed by atoms with Gasteiger partial charge in [0.15, 0.2) is 4.80 Å². The molecular formula is C19H13ClF3N3OS. The molecule has 9 heteroatoms. The molecule has 0 fully saturated rings. The van der Waals surface area contributed by atoms with Gasteiger partial charge in [-0.15, -0.1) is 0 Å². The van der Waals surface area contributed by atoms with Crippen molar-refractivity contribution in [2.45, 2.75) is 12.8 Å². The molecule has 0 bridgehead atoms. The Bertz CT molecular complexity index is 1200. The van der Waals surface area contributed by atoms with Crippen molar-refractivity contribution in [2.24, 2.45) is 4.99 Å². The predicted octanol–water partition coefficient (Wildman–Crippen LogP) is 3.47. The molecule has 0 saturated heterocycles. The van der Waals surface area contributed by atoms with E-state index in [4.69, 9.17) is 11.6 Å². The Morgan fingerprint density at radius 2 is 1.89 bits per heavy atom. The van der Waals surface area contributed by atoms with Crippen LogP contribution in [0, 0.1) is 0 Å². The first-order valence-electron chi connectivity index (χ1n) is 8.25. The summed E-state index contributed by atoms with van der Waals surface area (Å²) in [6.07, 6.45) is -2.67. The van der Waals surface area contributed by atoms with Crippen molar-refractivity contribution in [2.75, 3.05) is 11.6 Å². The largest absolute Gasteiger partial charge is 0.416 e. The second-order valence-corrected chi connectivity index (χ2v) is 7.65. The fourth-order valence-corrected chi connectivity index (χ4v) is 3.95. The zero-order valence-corrected chi connectivity index (χ0v) is 15.9. The highest BCUT2D eigenvalue weighted by Gasteiger charge is 2.31. The van der Waals surface area contributed by atoms with E-state index in [2.05, 4.69) is 4.99 Å². The number of hydrogen-bond donors (Lipinski definition) is 0. The maximum absolute atomic E-state index is 13.0. The summed E-state index contributed by atoms with van der Waals surface area (Å²) < 4.78 is 40.9. The summed E-state index contributed by atoms with van der Waals surface area (Å²) >= 11 is 7.13. The summed E-state index contributed by atoms with van der Waals surface area (Å²) in [7, 11) is 0. The molecule has 1 aliphatic rings. The van der Waals surface area contributed by atoms with Crippen LogP contribution in [0.15, 0.2) is 58.3 Å². The first-order valence-corrected chi connectivity index (χ1v) is 9.44. The molecule has 0 unspecified atom stereocenters. The van der Waals surface area contributed by atoms with Crippen molar-refractivity contribution in [3.05, 3.63) is 84.4 Å². The van der Waals surface area contributed by atoms with Gasteiger partial charge in [-0.25, -0.2) is 4.99 Å². The van der Waals surface area contributed by atoms with E-state index in [9.17, 15) is 18.0 Å². The number of hydrogen-bond acceptors (Lipinski definition) is 4. The van der Waals surface area contributed by atoms with Gasteiger partial charge in [-0.05, 0) is 42.0 Å². The van der Waals surface area contributed by atoms with Gasteiger partial charge in [0.05, 0.1) is 10.1 Å². The third-order valence-corrected chi connectivity index (χ3v) is 5.58. The van der Waals surface area contributed by atoms with E-state index in [0.717, 1.165) is 17.7 Å². The van der Waals surface area contributed by atoms with E-state index < -0.39 is 11.7 Å². The van der Waals surface area contributed by atoms with E-state index in [1.165, 1.54) is 22.0 Å². The number of fused-ring (bicyclic) bond motifs is 1. The Morgan fingerprint density at radius 3 is 2.61 bits per heavy atom. The molecule has 28 heavy (non-hydrogen) atoms. The Hall–Kier alpha value is -2.58. The van der Waals surface area contributed by atoms with E-state index in [1.807, 2.05) is 0 Å². The Morgan fingerprint density at radius 1 is 1.14 bits per heavy atom. The van der Waals surface area contributed by atoms with Crippen molar-refractivity contribution in [3.63, 3.8) is 0 Å². The SMILES string of the molecule is O=c1/c(=C/c2ccc(Cl)cc2)sc2n1CN(c1cccc(C(F)(F)F)c1)CN=2. The number of halogens is 4. The molecule has 3 aromatic rings. The summed E-state index contributed by atoms with van der Waals surface area (Å²) in [6, 6.07) is 12.1. The molecule has 0 aliphatic carbocycles. The van der Waals surface area contributed by atoms with Gasteiger partial charge in [-0.1, -0.05) is 41.1 Å². The Labute approximate surface area is 166 Å². The average Bonchev–Trinajstić information content (AvgIpc) is 2.98. The molecule has 1 aliphatic heterocycles. The number of aromatic nitrogens is 1. The van der Waals surface area contributed by atoms with Crippen molar-refractivity contribution < 1.29 is 13.2 Å². The van der Waals surface area contributed by atoms with Gasteiger partial charge in [-0.2, -0.15) is 13.2 Å². The van der Waals surface area contributed by atoms with Crippen molar-refractivity contribution >= 4 is 34.7 Å². The molecule has 1 aromatic heterocycles. The Balaban J connectivity index is 1.68. The van der Waals surface area contributed by atoms with Crippen LogP contribution in [0.3, 0.4) is 0 Å². The zero-order valence-electron chi connectivity index (χ0n) is 14.3. The minimum atomic E-state index is -4.42. The van der Waals surface area contributed by atoms with Crippen LogP contribution < -0.4 is 19.8 Å². The minimum absolute atomic E-state index is 0.143. The highest BCUT2D eigenvalue weighted by molar-refractivity contribution is 7.07. The van der Waals surface area contributed by atoms with Crippen molar-refractivity contribution in [1.82, 2.24) is 4.57 Å². The molecule has 4 rings (SSSR count). The monoisotopic (exact) mass is 423 g/mol.